The standard InChI is InChI=1S/C21H26N2O3S/c1-4-16-13-23(17-7-5-6-8-20(17)27-16)14-21(24)22-12-15-9-10-18(25-2)19(11-15)26-3/h5-11,16H,4,12-14H2,1-3H3,(H,22,24)/t16-/m1/s1. The number of benzene rings is 2. The number of para-hydroxylation sites is 1. The number of anilines is 1. The molecule has 0 radical (unpaired) electrons. The first-order chi connectivity index (χ1) is 13.1. The Morgan fingerprint density at radius 3 is 2.70 bits per heavy atom. The molecule has 5 nitrogen and oxygen atoms in total. The molecule has 0 spiro atoms. The third kappa shape index (κ3) is 4.69. The lowest BCUT2D eigenvalue weighted by Gasteiger charge is -2.34. The molecule has 1 heterocycles. The summed E-state index contributed by atoms with van der Waals surface area (Å²) < 4.78 is 10.6. The van der Waals surface area contributed by atoms with Crippen molar-refractivity contribution in [3.63, 3.8) is 0 Å². The summed E-state index contributed by atoms with van der Waals surface area (Å²) in [5, 5.41) is 3.53. The second-order valence-corrected chi connectivity index (χ2v) is 7.80. The summed E-state index contributed by atoms with van der Waals surface area (Å²) in [5.74, 6) is 1.36. The van der Waals surface area contributed by atoms with E-state index in [-0.39, 0.29) is 5.91 Å². The number of hydrogen-bond acceptors (Lipinski definition) is 5. The molecule has 1 N–H and O–H groups in total. The number of amides is 1. The molecule has 1 aliphatic heterocycles. The molecule has 0 saturated heterocycles. The first kappa shape index (κ1) is 19.4. The predicted molar refractivity (Wildman–Crippen MR) is 110 cm³/mol. The van der Waals surface area contributed by atoms with Gasteiger partial charge in [-0.2, -0.15) is 0 Å². The van der Waals surface area contributed by atoms with Gasteiger partial charge < -0.3 is 19.7 Å². The number of hydrogen-bond donors (Lipinski definition) is 1. The van der Waals surface area contributed by atoms with E-state index >= 15 is 0 Å². The normalized spacial score (nSPS) is 15.8. The molecule has 0 saturated carbocycles. The van der Waals surface area contributed by atoms with Crippen LogP contribution in [0.2, 0.25) is 0 Å². The van der Waals surface area contributed by atoms with Crippen LogP contribution in [0.15, 0.2) is 47.4 Å². The van der Waals surface area contributed by atoms with E-state index in [9.17, 15) is 4.79 Å². The number of methoxy groups -OCH3 is 2. The molecular formula is C21H26N2O3S. The number of rotatable bonds is 7. The number of ether oxygens (including phenoxy) is 2. The molecule has 3 rings (SSSR count). The number of nitrogens with one attached hydrogen (secondary N) is 1. The van der Waals surface area contributed by atoms with Gasteiger partial charge in [0.2, 0.25) is 5.91 Å². The lowest BCUT2D eigenvalue weighted by molar-refractivity contribution is -0.119. The summed E-state index contributed by atoms with van der Waals surface area (Å²) in [5.41, 5.74) is 2.12. The quantitative estimate of drug-likeness (QED) is 0.786. The topological polar surface area (TPSA) is 50.8 Å². The van der Waals surface area contributed by atoms with E-state index < -0.39 is 0 Å². The summed E-state index contributed by atoms with van der Waals surface area (Å²) in [6, 6.07) is 14.0. The highest BCUT2D eigenvalue weighted by Crippen LogP contribution is 2.39. The second kappa shape index (κ2) is 9.04. The minimum Gasteiger partial charge on any atom is -0.493 e. The van der Waals surface area contributed by atoms with Gasteiger partial charge in [-0.25, -0.2) is 0 Å². The Labute approximate surface area is 165 Å². The lowest BCUT2D eigenvalue weighted by atomic mass is 10.2. The van der Waals surface area contributed by atoms with Crippen molar-refractivity contribution in [3.05, 3.63) is 48.0 Å². The molecule has 0 bridgehead atoms. The van der Waals surface area contributed by atoms with Crippen LogP contribution in [0.3, 0.4) is 0 Å². The number of carbonyl (C=O) groups is 1. The summed E-state index contributed by atoms with van der Waals surface area (Å²) in [4.78, 5) is 16.0. The van der Waals surface area contributed by atoms with Crippen LogP contribution in [0.25, 0.3) is 0 Å². The Morgan fingerprint density at radius 2 is 1.96 bits per heavy atom. The Morgan fingerprint density at radius 1 is 1.19 bits per heavy atom. The SMILES string of the molecule is CC[C@@H]1CN(CC(=O)NCc2ccc(OC)c(OC)c2)c2ccccc2S1. The van der Waals surface area contributed by atoms with Gasteiger partial charge in [-0.15, -0.1) is 11.8 Å². The maximum Gasteiger partial charge on any atom is 0.239 e. The molecule has 1 atom stereocenters. The van der Waals surface area contributed by atoms with E-state index in [0.29, 0.717) is 29.8 Å². The molecule has 0 unspecified atom stereocenters. The van der Waals surface area contributed by atoms with E-state index in [1.165, 1.54) is 4.90 Å². The third-order valence-corrected chi connectivity index (χ3v) is 6.07. The van der Waals surface area contributed by atoms with Gasteiger partial charge in [-0.3, -0.25) is 4.79 Å². The van der Waals surface area contributed by atoms with Crippen LogP contribution < -0.4 is 19.7 Å². The molecule has 0 fully saturated rings. The number of fused-ring (bicyclic) bond motifs is 1. The van der Waals surface area contributed by atoms with E-state index in [1.807, 2.05) is 36.0 Å². The second-order valence-electron chi connectivity index (χ2n) is 6.46. The lowest BCUT2D eigenvalue weighted by Crippen LogP contribution is -2.42. The first-order valence-electron chi connectivity index (χ1n) is 9.12. The van der Waals surface area contributed by atoms with Crippen molar-refractivity contribution >= 4 is 23.4 Å². The molecule has 27 heavy (non-hydrogen) atoms. The number of nitrogens with zero attached hydrogens (tertiary/aromatic N) is 1. The molecule has 1 amide bonds. The Balaban J connectivity index is 1.62. The van der Waals surface area contributed by atoms with Gasteiger partial charge in [0.15, 0.2) is 11.5 Å². The molecule has 0 aliphatic carbocycles. The monoisotopic (exact) mass is 386 g/mol. The van der Waals surface area contributed by atoms with Crippen molar-refractivity contribution < 1.29 is 14.3 Å². The summed E-state index contributed by atoms with van der Waals surface area (Å²) in [6.07, 6.45) is 1.09. The van der Waals surface area contributed by atoms with Crippen LogP contribution in [0.1, 0.15) is 18.9 Å². The average molecular weight is 387 g/mol. The van der Waals surface area contributed by atoms with Crippen LogP contribution in [-0.2, 0) is 11.3 Å². The summed E-state index contributed by atoms with van der Waals surface area (Å²) in [6.45, 7) is 3.91. The molecule has 6 heteroatoms. The highest BCUT2D eigenvalue weighted by molar-refractivity contribution is 8.00. The maximum atomic E-state index is 12.6. The zero-order chi connectivity index (χ0) is 19.2. The summed E-state index contributed by atoms with van der Waals surface area (Å²) >= 11 is 1.91. The van der Waals surface area contributed by atoms with Crippen molar-refractivity contribution in [3.8, 4) is 11.5 Å². The Bertz CT molecular complexity index is 797. The third-order valence-electron chi connectivity index (χ3n) is 4.65. The van der Waals surface area contributed by atoms with Crippen LogP contribution in [0.4, 0.5) is 5.69 Å². The largest absolute Gasteiger partial charge is 0.493 e. The molecule has 0 aromatic heterocycles. The molecule has 2 aromatic rings. The smallest absolute Gasteiger partial charge is 0.239 e. The number of carbonyl (C=O) groups excluding carboxylic acids is 1. The Hall–Kier alpha value is -2.34. The fourth-order valence-electron chi connectivity index (χ4n) is 3.16. The minimum atomic E-state index is 0.0151. The average Bonchev–Trinajstić information content (AvgIpc) is 2.71. The van der Waals surface area contributed by atoms with Gasteiger partial charge in [0, 0.05) is 23.2 Å². The van der Waals surface area contributed by atoms with E-state index in [0.717, 1.165) is 24.2 Å². The van der Waals surface area contributed by atoms with Gasteiger partial charge in [0.05, 0.1) is 26.5 Å². The summed E-state index contributed by atoms with van der Waals surface area (Å²) in [7, 11) is 3.22. The van der Waals surface area contributed by atoms with Crippen LogP contribution in [0, 0.1) is 0 Å². The molecule has 144 valence electrons. The Kier molecular flexibility index (Phi) is 6.50. The fourth-order valence-corrected chi connectivity index (χ4v) is 4.42. The molecular weight excluding hydrogens is 360 g/mol. The van der Waals surface area contributed by atoms with Crippen molar-refractivity contribution in [1.82, 2.24) is 5.32 Å². The van der Waals surface area contributed by atoms with Gasteiger partial charge in [-0.05, 0) is 36.2 Å². The maximum absolute atomic E-state index is 12.6. The zero-order valence-electron chi connectivity index (χ0n) is 16.0. The van der Waals surface area contributed by atoms with Crippen molar-refractivity contribution in [1.29, 1.82) is 0 Å². The zero-order valence-corrected chi connectivity index (χ0v) is 16.8. The van der Waals surface area contributed by atoms with Gasteiger partial charge >= 0.3 is 0 Å². The highest BCUT2D eigenvalue weighted by atomic mass is 32.2. The van der Waals surface area contributed by atoms with Gasteiger partial charge in [0.1, 0.15) is 0 Å². The van der Waals surface area contributed by atoms with E-state index in [2.05, 4.69) is 35.3 Å². The van der Waals surface area contributed by atoms with Crippen molar-refractivity contribution in [2.45, 2.75) is 30.0 Å². The van der Waals surface area contributed by atoms with Gasteiger partial charge in [0.25, 0.3) is 0 Å². The van der Waals surface area contributed by atoms with Crippen LogP contribution in [-0.4, -0.2) is 38.5 Å². The van der Waals surface area contributed by atoms with Crippen LogP contribution >= 0.6 is 11.8 Å². The van der Waals surface area contributed by atoms with Crippen molar-refractivity contribution in [2.24, 2.45) is 0 Å². The minimum absolute atomic E-state index is 0.0151. The molecule has 2 aromatic carbocycles. The van der Waals surface area contributed by atoms with Crippen LogP contribution in [0.5, 0.6) is 11.5 Å². The van der Waals surface area contributed by atoms with E-state index in [1.54, 1.807) is 14.2 Å². The van der Waals surface area contributed by atoms with Gasteiger partial charge in [-0.1, -0.05) is 25.1 Å². The fraction of sp³-hybridized carbons (Fsp3) is 0.381. The highest BCUT2D eigenvalue weighted by Gasteiger charge is 2.25. The van der Waals surface area contributed by atoms with Crippen molar-refractivity contribution in [2.75, 3.05) is 32.2 Å². The van der Waals surface area contributed by atoms with E-state index in [4.69, 9.17) is 9.47 Å². The predicted octanol–water partition coefficient (Wildman–Crippen LogP) is 3.71. The molecule has 1 aliphatic rings. The number of thioether (sulfide) groups is 1. The first-order valence-corrected chi connectivity index (χ1v) is 10.0.